The predicted molar refractivity (Wildman–Crippen MR) is 113 cm³/mol. The number of aromatic nitrogens is 4. The van der Waals surface area contributed by atoms with Gasteiger partial charge in [-0.25, -0.2) is 4.98 Å². The number of aryl methyl sites for hydroxylation is 1. The van der Waals surface area contributed by atoms with Crippen molar-refractivity contribution in [1.29, 1.82) is 0 Å². The zero-order valence-electron chi connectivity index (χ0n) is 16.7. The lowest BCUT2D eigenvalue weighted by atomic mass is 9.97. The lowest BCUT2D eigenvalue weighted by molar-refractivity contribution is -0.126. The Morgan fingerprint density at radius 1 is 1.37 bits per heavy atom. The van der Waals surface area contributed by atoms with Crippen LogP contribution in [0.4, 0.5) is 0 Å². The number of rotatable bonds is 8. The average Bonchev–Trinajstić information content (AvgIpc) is 3.43. The number of nitrogens with one attached hydrogen (secondary N) is 1. The van der Waals surface area contributed by atoms with E-state index in [4.69, 9.17) is 16.1 Å². The molecule has 1 aliphatic heterocycles. The largest absolute Gasteiger partial charge is 0.356 e. The van der Waals surface area contributed by atoms with Gasteiger partial charge in [-0.15, -0.1) is 0 Å². The first-order chi connectivity index (χ1) is 14.7. The number of halogens is 1. The molecule has 1 aliphatic rings. The Hall–Kier alpha value is -2.71. The second kappa shape index (κ2) is 9.86. The molecule has 9 heteroatoms. The van der Waals surface area contributed by atoms with Gasteiger partial charge in [-0.2, -0.15) is 4.98 Å². The van der Waals surface area contributed by atoms with Crippen LogP contribution >= 0.6 is 11.6 Å². The van der Waals surface area contributed by atoms with Crippen molar-refractivity contribution in [3.05, 3.63) is 53.9 Å². The minimum Gasteiger partial charge on any atom is -0.356 e. The van der Waals surface area contributed by atoms with Crippen LogP contribution in [-0.2, 0) is 17.9 Å². The molecule has 1 fully saturated rings. The molecule has 3 heterocycles. The average molecular weight is 429 g/mol. The third-order valence-corrected chi connectivity index (χ3v) is 5.47. The molecule has 1 unspecified atom stereocenters. The van der Waals surface area contributed by atoms with Crippen LogP contribution in [0.25, 0.3) is 11.4 Å². The monoisotopic (exact) mass is 428 g/mol. The van der Waals surface area contributed by atoms with Crippen LogP contribution in [0.3, 0.4) is 0 Å². The highest BCUT2D eigenvalue weighted by molar-refractivity contribution is 6.30. The summed E-state index contributed by atoms with van der Waals surface area (Å²) < 4.78 is 7.43. The molecule has 0 spiro atoms. The van der Waals surface area contributed by atoms with Gasteiger partial charge in [0, 0.05) is 42.6 Å². The molecule has 1 atom stereocenters. The van der Waals surface area contributed by atoms with E-state index in [2.05, 4.69) is 25.3 Å². The normalized spacial score (nSPS) is 17.2. The van der Waals surface area contributed by atoms with Crippen molar-refractivity contribution in [3.63, 3.8) is 0 Å². The van der Waals surface area contributed by atoms with Gasteiger partial charge in [0.05, 0.1) is 18.8 Å². The number of carbonyl (C=O) groups is 1. The molecular weight excluding hydrogens is 404 g/mol. The molecule has 1 saturated heterocycles. The SMILES string of the molecule is O=C(NCCCn1ccnc1)C1CCCN(Cc2nc(-c3cccc(Cl)c3)no2)C1. The van der Waals surface area contributed by atoms with E-state index >= 15 is 0 Å². The third-order valence-electron chi connectivity index (χ3n) is 5.24. The molecule has 1 N–H and O–H groups in total. The molecule has 30 heavy (non-hydrogen) atoms. The van der Waals surface area contributed by atoms with Gasteiger partial charge in [0.15, 0.2) is 0 Å². The van der Waals surface area contributed by atoms with Gasteiger partial charge in [-0.1, -0.05) is 28.9 Å². The minimum absolute atomic E-state index is 0.0117. The van der Waals surface area contributed by atoms with E-state index in [1.54, 1.807) is 12.5 Å². The van der Waals surface area contributed by atoms with Crippen LogP contribution in [0.2, 0.25) is 5.02 Å². The second-order valence-corrected chi connectivity index (χ2v) is 7.98. The summed E-state index contributed by atoms with van der Waals surface area (Å²) in [6.45, 7) is 3.67. The zero-order valence-corrected chi connectivity index (χ0v) is 17.5. The fourth-order valence-electron chi connectivity index (χ4n) is 3.70. The number of carbonyl (C=O) groups excluding carboxylic acids is 1. The standard InChI is InChI=1S/C21H25ClN6O2/c22-18-6-1-4-16(12-18)20-25-19(30-26-20)14-28-9-2-5-17(13-28)21(29)24-7-3-10-27-11-8-23-15-27/h1,4,6,8,11-12,15,17H,2-3,5,7,9-10,13-14H2,(H,24,29). The van der Waals surface area contributed by atoms with E-state index in [1.165, 1.54) is 0 Å². The predicted octanol–water partition coefficient (Wildman–Crippen LogP) is 3.01. The summed E-state index contributed by atoms with van der Waals surface area (Å²) >= 11 is 6.04. The molecule has 158 valence electrons. The van der Waals surface area contributed by atoms with Gasteiger partial charge in [-0.05, 0) is 37.9 Å². The van der Waals surface area contributed by atoms with Gasteiger partial charge in [0.1, 0.15) is 0 Å². The van der Waals surface area contributed by atoms with E-state index in [9.17, 15) is 4.79 Å². The van der Waals surface area contributed by atoms with Crippen LogP contribution in [0.1, 0.15) is 25.2 Å². The maximum atomic E-state index is 12.6. The number of hydrogen-bond acceptors (Lipinski definition) is 6. The highest BCUT2D eigenvalue weighted by Gasteiger charge is 2.26. The molecule has 4 rings (SSSR count). The first-order valence-corrected chi connectivity index (χ1v) is 10.6. The summed E-state index contributed by atoms with van der Waals surface area (Å²) in [5.41, 5.74) is 0.823. The summed E-state index contributed by atoms with van der Waals surface area (Å²) in [7, 11) is 0. The van der Waals surface area contributed by atoms with Crippen molar-refractivity contribution in [2.45, 2.75) is 32.4 Å². The number of amides is 1. The van der Waals surface area contributed by atoms with Gasteiger partial charge >= 0.3 is 0 Å². The Bertz CT molecular complexity index is 958. The fraction of sp³-hybridized carbons (Fsp3) is 0.429. The quantitative estimate of drug-likeness (QED) is 0.555. The minimum atomic E-state index is -0.0117. The molecule has 0 aliphatic carbocycles. The molecule has 0 radical (unpaired) electrons. The Kier molecular flexibility index (Phi) is 6.76. The van der Waals surface area contributed by atoms with Gasteiger partial charge in [0.2, 0.25) is 17.6 Å². The zero-order chi connectivity index (χ0) is 20.8. The van der Waals surface area contributed by atoms with Crippen molar-refractivity contribution in [3.8, 4) is 11.4 Å². The number of imidazole rings is 1. The van der Waals surface area contributed by atoms with Crippen LogP contribution < -0.4 is 5.32 Å². The van der Waals surface area contributed by atoms with Crippen molar-refractivity contribution >= 4 is 17.5 Å². The van der Waals surface area contributed by atoms with Crippen LogP contribution in [-0.4, -0.2) is 50.1 Å². The maximum absolute atomic E-state index is 12.6. The molecule has 3 aromatic rings. The number of piperidine rings is 1. The molecular formula is C21H25ClN6O2. The van der Waals surface area contributed by atoms with E-state index in [1.807, 2.05) is 35.0 Å². The molecule has 0 bridgehead atoms. The van der Waals surface area contributed by atoms with E-state index in [0.717, 1.165) is 37.9 Å². The van der Waals surface area contributed by atoms with Crippen LogP contribution in [0.5, 0.6) is 0 Å². The Labute approximate surface area is 180 Å². The lowest BCUT2D eigenvalue weighted by Gasteiger charge is -2.30. The molecule has 2 aromatic heterocycles. The van der Waals surface area contributed by atoms with E-state index < -0.39 is 0 Å². The summed E-state index contributed by atoms with van der Waals surface area (Å²) in [5, 5.41) is 7.76. The van der Waals surface area contributed by atoms with E-state index in [0.29, 0.717) is 36.4 Å². The number of benzene rings is 1. The maximum Gasteiger partial charge on any atom is 0.241 e. The highest BCUT2D eigenvalue weighted by atomic mass is 35.5. The van der Waals surface area contributed by atoms with Gasteiger partial charge in [-0.3, -0.25) is 9.69 Å². The van der Waals surface area contributed by atoms with Crippen molar-refractivity contribution in [1.82, 2.24) is 29.9 Å². The topological polar surface area (TPSA) is 89.1 Å². The summed E-state index contributed by atoms with van der Waals surface area (Å²) in [4.78, 5) is 23.3. The smallest absolute Gasteiger partial charge is 0.241 e. The fourth-order valence-corrected chi connectivity index (χ4v) is 3.90. The molecule has 1 amide bonds. The van der Waals surface area contributed by atoms with Crippen molar-refractivity contribution in [2.24, 2.45) is 5.92 Å². The lowest BCUT2D eigenvalue weighted by Crippen LogP contribution is -2.43. The molecule has 1 aromatic carbocycles. The summed E-state index contributed by atoms with van der Waals surface area (Å²) in [6.07, 6.45) is 8.24. The summed E-state index contributed by atoms with van der Waals surface area (Å²) in [6, 6.07) is 7.37. The van der Waals surface area contributed by atoms with Crippen LogP contribution in [0, 0.1) is 5.92 Å². The Morgan fingerprint density at radius 3 is 3.13 bits per heavy atom. The van der Waals surface area contributed by atoms with Crippen LogP contribution in [0.15, 0.2) is 47.5 Å². The molecule has 8 nitrogen and oxygen atoms in total. The third kappa shape index (κ3) is 5.46. The number of likely N-dealkylation sites (tertiary alicyclic amines) is 1. The first kappa shape index (κ1) is 20.6. The van der Waals surface area contributed by atoms with Crippen molar-refractivity contribution in [2.75, 3.05) is 19.6 Å². The van der Waals surface area contributed by atoms with Gasteiger partial charge in [0.25, 0.3) is 0 Å². The van der Waals surface area contributed by atoms with E-state index in [-0.39, 0.29) is 11.8 Å². The van der Waals surface area contributed by atoms with Crippen molar-refractivity contribution < 1.29 is 9.32 Å². The Morgan fingerprint density at radius 2 is 2.30 bits per heavy atom. The number of nitrogens with zero attached hydrogens (tertiary/aromatic N) is 5. The number of hydrogen-bond donors (Lipinski definition) is 1. The second-order valence-electron chi connectivity index (χ2n) is 7.54. The summed E-state index contributed by atoms with van der Waals surface area (Å²) in [5.74, 6) is 1.18. The molecule has 0 saturated carbocycles. The first-order valence-electron chi connectivity index (χ1n) is 10.2. The van der Waals surface area contributed by atoms with Gasteiger partial charge < -0.3 is 14.4 Å². The highest BCUT2D eigenvalue weighted by Crippen LogP contribution is 2.22. The Balaban J connectivity index is 1.25.